The third-order valence-electron chi connectivity index (χ3n) is 0.400. The van der Waals surface area contributed by atoms with Crippen molar-refractivity contribution in [3.05, 3.63) is 30.3 Å². The molecule has 0 rings (SSSR count). The molecular weight excluding hydrogens is 407 g/mol. The molecule has 0 heterocycles. The van der Waals surface area contributed by atoms with E-state index in [0.717, 1.165) is 0 Å². The molecule has 0 saturated heterocycles. The molecular formula is CH4BiN3O9. The molecule has 12 nitrogen and oxygen atoms in total. The van der Waals surface area contributed by atoms with Crippen LogP contribution in [0, 0.1) is 30.3 Å². The first-order chi connectivity index (χ1) is 5.91. The van der Waals surface area contributed by atoms with Gasteiger partial charge in [-0.05, 0) is 0 Å². The van der Waals surface area contributed by atoms with Gasteiger partial charge in [0.05, 0.1) is 0 Å². The Morgan fingerprint density at radius 1 is 0.786 bits per heavy atom. The van der Waals surface area contributed by atoms with Crippen molar-refractivity contribution in [2.24, 2.45) is 0 Å². The first-order valence-electron chi connectivity index (χ1n) is 2.19. The van der Waals surface area contributed by atoms with E-state index < -0.39 is 38.3 Å². The van der Waals surface area contributed by atoms with Crippen molar-refractivity contribution in [3.63, 3.8) is 0 Å². The number of hydrogen-bond acceptors (Lipinski definition) is 9. The standard InChI is InChI=1S/CH4.Bi.3NO3/c;;3*2-1(3)4/h1H4;;;;/q;+3;3*-1. The Balaban J connectivity index is 0. The third kappa shape index (κ3) is 8.58. The molecule has 0 saturated carbocycles. The van der Waals surface area contributed by atoms with Crippen molar-refractivity contribution in [2.75, 3.05) is 0 Å². The molecule has 0 N–H and O–H groups in total. The van der Waals surface area contributed by atoms with Crippen LogP contribution >= 0.6 is 0 Å². The van der Waals surface area contributed by atoms with Crippen LogP contribution in [0.3, 0.4) is 0 Å². The molecule has 14 heavy (non-hydrogen) atoms. The fourth-order valence-electron chi connectivity index (χ4n) is 0.208. The van der Waals surface area contributed by atoms with Crippen LogP contribution in [-0.4, -0.2) is 38.3 Å². The summed E-state index contributed by atoms with van der Waals surface area (Å²) in [5, 5.41) is 24.4. The van der Waals surface area contributed by atoms with Crippen LogP contribution in [0.1, 0.15) is 7.43 Å². The van der Waals surface area contributed by atoms with Crippen LogP contribution in [0.2, 0.25) is 0 Å². The van der Waals surface area contributed by atoms with Gasteiger partial charge in [-0.25, -0.2) is 0 Å². The Morgan fingerprint density at radius 2 is 1.00 bits per heavy atom. The molecule has 0 aromatic carbocycles. The van der Waals surface area contributed by atoms with E-state index in [1.54, 1.807) is 0 Å². The van der Waals surface area contributed by atoms with Crippen LogP contribution in [0.4, 0.5) is 0 Å². The van der Waals surface area contributed by atoms with Gasteiger partial charge in [0, 0.05) is 0 Å². The fourth-order valence-corrected chi connectivity index (χ4v) is 1.83. The van der Waals surface area contributed by atoms with Gasteiger partial charge in [0.25, 0.3) is 0 Å². The summed E-state index contributed by atoms with van der Waals surface area (Å²) in [5.41, 5.74) is 0. The summed E-state index contributed by atoms with van der Waals surface area (Å²) in [7, 11) is 0. The van der Waals surface area contributed by atoms with E-state index in [-0.39, 0.29) is 7.43 Å². The second kappa shape index (κ2) is 6.94. The van der Waals surface area contributed by atoms with Crippen molar-refractivity contribution in [1.82, 2.24) is 0 Å². The predicted octanol–water partition coefficient (Wildman–Crippen LogP) is -0.768. The summed E-state index contributed by atoms with van der Waals surface area (Å²) < 4.78 is 10.4. The van der Waals surface area contributed by atoms with E-state index in [0.29, 0.717) is 0 Å². The zero-order valence-electron chi connectivity index (χ0n) is 5.46. The van der Waals surface area contributed by atoms with Crippen molar-refractivity contribution in [3.8, 4) is 0 Å². The van der Waals surface area contributed by atoms with Gasteiger partial charge in [-0.15, -0.1) is 0 Å². The van der Waals surface area contributed by atoms with Crippen molar-refractivity contribution in [2.45, 2.75) is 7.43 Å². The Labute approximate surface area is 85.2 Å². The molecule has 82 valence electrons. The number of rotatable bonds is 6. The van der Waals surface area contributed by atoms with E-state index in [1.807, 2.05) is 0 Å². The monoisotopic (exact) mass is 411 g/mol. The first kappa shape index (κ1) is 15.0. The zero-order valence-corrected chi connectivity index (χ0v) is 8.94. The molecule has 0 aliphatic carbocycles. The Hall–Kier alpha value is -1.52. The second-order valence-corrected chi connectivity index (χ2v) is 4.78. The fraction of sp³-hybridized carbons (Fsp3) is 1.00. The molecule has 0 spiro atoms. The molecule has 0 aromatic heterocycles. The maximum absolute atomic E-state index is 9.60. The second-order valence-electron chi connectivity index (χ2n) is 1.14. The van der Waals surface area contributed by atoms with E-state index in [2.05, 4.69) is 8.74 Å². The Morgan fingerprint density at radius 3 is 1.14 bits per heavy atom. The van der Waals surface area contributed by atoms with Gasteiger partial charge in [-0.2, -0.15) is 0 Å². The molecule has 0 aliphatic heterocycles. The van der Waals surface area contributed by atoms with Crippen LogP contribution in [0.25, 0.3) is 0 Å². The van der Waals surface area contributed by atoms with Gasteiger partial charge in [-0.1, -0.05) is 7.43 Å². The Kier molecular flexibility index (Phi) is 7.43. The minimum atomic E-state index is -4.64. The van der Waals surface area contributed by atoms with Gasteiger partial charge < -0.3 is 0 Å². The maximum atomic E-state index is 9.60. The summed E-state index contributed by atoms with van der Waals surface area (Å²) in [5.74, 6) is 0. The summed E-state index contributed by atoms with van der Waals surface area (Å²) in [4.78, 5) is 28.8. The molecule has 0 fully saturated rings. The molecule has 0 atom stereocenters. The van der Waals surface area contributed by atoms with Crippen molar-refractivity contribution < 1.29 is 24.0 Å². The molecule has 0 aliphatic rings. The third-order valence-corrected chi connectivity index (χ3v) is 3.51. The van der Waals surface area contributed by atoms with Crippen LogP contribution in [0.5, 0.6) is 0 Å². The average molecular weight is 411 g/mol. The SMILES string of the molecule is C.O=[N+]([O-])[O][Bi]([O][N+](=O)[O-])[O][N+](=O)[O-]. The molecule has 0 unspecified atom stereocenters. The average Bonchev–Trinajstić information content (AvgIpc) is 1.80. The first-order valence-corrected chi connectivity index (χ1v) is 6.45. The minimum absolute atomic E-state index is 0. The molecule has 0 amide bonds. The zero-order chi connectivity index (χ0) is 10.4. The van der Waals surface area contributed by atoms with E-state index in [9.17, 15) is 30.3 Å². The molecule has 0 aromatic rings. The summed E-state index contributed by atoms with van der Waals surface area (Å²) in [6.07, 6.45) is 0. The molecule has 0 radical (unpaired) electrons. The summed E-state index contributed by atoms with van der Waals surface area (Å²) in [6.45, 7) is 0. The Bertz CT molecular complexity index is 190. The number of hydrogen-bond donors (Lipinski definition) is 0. The normalized spacial score (nSPS) is 8.36. The van der Waals surface area contributed by atoms with Gasteiger partial charge in [0.1, 0.15) is 0 Å². The van der Waals surface area contributed by atoms with Crippen LogP contribution in [-0.2, 0) is 8.74 Å². The van der Waals surface area contributed by atoms with E-state index in [4.69, 9.17) is 0 Å². The topological polar surface area (TPSA) is 157 Å². The van der Waals surface area contributed by atoms with Crippen LogP contribution in [0.15, 0.2) is 0 Å². The van der Waals surface area contributed by atoms with Crippen LogP contribution < -0.4 is 0 Å². The summed E-state index contributed by atoms with van der Waals surface area (Å²) >= 11 is -4.64. The quantitative estimate of drug-likeness (QED) is 0.311. The van der Waals surface area contributed by atoms with Gasteiger partial charge >= 0.3 is 77.4 Å². The van der Waals surface area contributed by atoms with Crippen molar-refractivity contribution >= 4 is 23.1 Å². The van der Waals surface area contributed by atoms with E-state index >= 15 is 0 Å². The van der Waals surface area contributed by atoms with Gasteiger partial charge in [0.2, 0.25) is 0 Å². The van der Waals surface area contributed by atoms with Gasteiger partial charge in [0.15, 0.2) is 0 Å². The summed E-state index contributed by atoms with van der Waals surface area (Å²) in [6, 6.07) is 0. The van der Waals surface area contributed by atoms with Crippen molar-refractivity contribution in [1.29, 1.82) is 0 Å². The van der Waals surface area contributed by atoms with E-state index in [1.165, 1.54) is 0 Å². The van der Waals surface area contributed by atoms with Gasteiger partial charge in [-0.3, -0.25) is 0 Å². The molecule has 0 bridgehead atoms. The predicted molar refractivity (Wildman–Crippen MR) is 36.7 cm³/mol. The number of nitrogens with zero attached hydrogens (tertiary/aromatic N) is 3. The molecule has 13 heteroatoms.